The first-order chi connectivity index (χ1) is 14.0. The molecule has 2 aromatic carbocycles. The van der Waals surface area contributed by atoms with Crippen LogP contribution >= 0.6 is 23.2 Å². The second kappa shape index (κ2) is 8.57. The van der Waals surface area contributed by atoms with E-state index < -0.39 is 5.60 Å². The predicted molar refractivity (Wildman–Crippen MR) is 119 cm³/mol. The Morgan fingerprint density at radius 3 is 2.93 bits per heavy atom. The van der Waals surface area contributed by atoms with E-state index in [4.69, 9.17) is 27.9 Å². The molecule has 0 bridgehead atoms. The maximum Gasteiger partial charge on any atom is 0.119 e. The highest BCUT2D eigenvalue weighted by atomic mass is 35.5. The molecule has 1 aliphatic carbocycles. The zero-order chi connectivity index (χ0) is 20.4. The Balaban J connectivity index is 1.49. The molecule has 2 unspecified atom stereocenters. The number of nitrogens with one attached hydrogen (secondary N) is 2. The summed E-state index contributed by atoms with van der Waals surface area (Å²) in [5.74, 6) is 0.916. The van der Waals surface area contributed by atoms with Gasteiger partial charge in [-0.3, -0.25) is 0 Å². The van der Waals surface area contributed by atoms with Gasteiger partial charge in [-0.25, -0.2) is 0 Å². The van der Waals surface area contributed by atoms with Crippen LogP contribution in [0.15, 0.2) is 42.6 Å². The van der Waals surface area contributed by atoms with Crippen LogP contribution in [0, 0.1) is 5.92 Å². The normalized spacial score (nSPS) is 22.1. The Hall–Kier alpha value is -1.72. The van der Waals surface area contributed by atoms with Crippen LogP contribution in [0.3, 0.4) is 0 Å². The van der Waals surface area contributed by atoms with Crippen molar-refractivity contribution in [1.82, 2.24) is 10.3 Å². The third-order valence-electron chi connectivity index (χ3n) is 6.09. The predicted octanol–water partition coefficient (Wildman–Crippen LogP) is 5.65. The minimum atomic E-state index is -0.842. The van der Waals surface area contributed by atoms with Gasteiger partial charge in [0.1, 0.15) is 5.75 Å². The van der Waals surface area contributed by atoms with Crippen LogP contribution in [0.2, 0.25) is 10.0 Å². The zero-order valence-electron chi connectivity index (χ0n) is 16.5. The average Bonchev–Trinajstić information content (AvgIpc) is 3.12. The molecule has 0 spiro atoms. The minimum absolute atomic E-state index is 0.137. The summed E-state index contributed by atoms with van der Waals surface area (Å²) in [6.07, 6.45) is 5.89. The first kappa shape index (κ1) is 20.5. The second-order valence-corrected chi connectivity index (χ2v) is 8.70. The van der Waals surface area contributed by atoms with Crippen LogP contribution in [0.4, 0.5) is 0 Å². The first-order valence-corrected chi connectivity index (χ1v) is 10.8. The lowest BCUT2D eigenvalue weighted by Crippen LogP contribution is -2.43. The molecule has 2 atom stereocenters. The van der Waals surface area contributed by atoms with E-state index in [2.05, 4.69) is 10.3 Å². The highest BCUT2D eigenvalue weighted by molar-refractivity contribution is 6.38. The van der Waals surface area contributed by atoms with Crippen molar-refractivity contribution in [2.75, 3.05) is 13.7 Å². The number of aliphatic hydroxyl groups is 1. The molecule has 6 heteroatoms. The van der Waals surface area contributed by atoms with Crippen molar-refractivity contribution in [3.05, 3.63) is 63.8 Å². The summed E-state index contributed by atoms with van der Waals surface area (Å²) in [6, 6.07) is 11.5. The lowest BCUT2D eigenvalue weighted by molar-refractivity contribution is -0.0538. The van der Waals surface area contributed by atoms with Crippen LogP contribution in [0.1, 0.15) is 36.8 Å². The number of H-pyrrole nitrogens is 1. The second-order valence-electron chi connectivity index (χ2n) is 7.85. The molecule has 3 N–H and O–H groups in total. The molecule has 1 fully saturated rings. The molecule has 1 saturated carbocycles. The number of benzene rings is 2. The maximum absolute atomic E-state index is 11.6. The van der Waals surface area contributed by atoms with Crippen LogP contribution < -0.4 is 10.1 Å². The van der Waals surface area contributed by atoms with E-state index >= 15 is 0 Å². The van der Waals surface area contributed by atoms with Crippen LogP contribution in [-0.2, 0) is 12.1 Å². The lowest BCUT2D eigenvalue weighted by atomic mass is 9.71. The summed E-state index contributed by atoms with van der Waals surface area (Å²) >= 11 is 12.5. The SMILES string of the molecule is COc1cccc(C2(O)CCCCC2CNCc2c[nH]c3cc(Cl)cc(Cl)c23)c1. The summed E-state index contributed by atoms with van der Waals surface area (Å²) in [5.41, 5.74) is 2.13. The molecule has 29 heavy (non-hydrogen) atoms. The van der Waals surface area contributed by atoms with Crippen molar-refractivity contribution in [3.8, 4) is 5.75 Å². The van der Waals surface area contributed by atoms with Gasteiger partial charge in [0, 0.05) is 41.1 Å². The molecule has 0 aliphatic heterocycles. The zero-order valence-corrected chi connectivity index (χ0v) is 18.0. The third-order valence-corrected chi connectivity index (χ3v) is 6.61. The fourth-order valence-electron chi connectivity index (χ4n) is 4.54. The number of halogens is 2. The fraction of sp³-hybridized carbons (Fsp3) is 0.391. The number of hydrogen-bond donors (Lipinski definition) is 3. The number of rotatable bonds is 6. The van der Waals surface area contributed by atoms with E-state index in [1.54, 1.807) is 13.2 Å². The van der Waals surface area contributed by atoms with Crippen LogP contribution in [0.5, 0.6) is 5.75 Å². The van der Waals surface area contributed by atoms with E-state index in [0.29, 0.717) is 16.6 Å². The summed E-state index contributed by atoms with van der Waals surface area (Å²) in [6.45, 7) is 1.40. The lowest BCUT2D eigenvalue weighted by Gasteiger charge is -2.41. The van der Waals surface area contributed by atoms with Crippen molar-refractivity contribution >= 4 is 34.1 Å². The van der Waals surface area contributed by atoms with E-state index in [9.17, 15) is 5.11 Å². The Labute approximate surface area is 181 Å². The molecule has 1 aliphatic rings. The smallest absolute Gasteiger partial charge is 0.119 e. The molecule has 0 saturated heterocycles. The van der Waals surface area contributed by atoms with Gasteiger partial charge in [-0.1, -0.05) is 48.2 Å². The van der Waals surface area contributed by atoms with Gasteiger partial charge in [-0.15, -0.1) is 0 Å². The van der Waals surface area contributed by atoms with Crippen molar-refractivity contribution < 1.29 is 9.84 Å². The first-order valence-electron chi connectivity index (χ1n) is 10.0. The van der Waals surface area contributed by atoms with E-state index in [1.165, 1.54) is 0 Å². The van der Waals surface area contributed by atoms with Crippen LogP contribution in [-0.4, -0.2) is 23.7 Å². The number of aromatic amines is 1. The van der Waals surface area contributed by atoms with E-state index in [0.717, 1.165) is 60.0 Å². The summed E-state index contributed by atoms with van der Waals surface area (Å²) in [4.78, 5) is 3.24. The molecule has 0 radical (unpaired) electrons. The van der Waals surface area contributed by atoms with E-state index in [1.807, 2.05) is 36.5 Å². The molecule has 4 nitrogen and oxygen atoms in total. The molecule has 1 aromatic heterocycles. The minimum Gasteiger partial charge on any atom is -0.497 e. The number of fused-ring (bicyclic) bond motifs is 1. The van der Waals surface area contributed by atoms with Gasteiger partial charge >= 0.3 is 0 Å². The number of methoxy groups -OCH3 is 1. The molecule has 0 amide bonds. The Kier molecular flexibility index (Phi) is 6.07. The van der Waals surface area contributed by atoms with Crippen molar-refractivity contribution in [2.24, 2.45) is 5.92 Å². The van der Waals surface area contributed by atoms with Crippen LogP contribution in [0.25, 0.3) is 10.9 Å². The number of hydrogen-bond acceptors (Lipinski definition) is 3. The van der Waals surface area contributed by atoms with Gasteiger partial charge in [0.25, 0.3) is 0 Å². The molecule has 154 valence electrons. The highest BCUT2D eigenvalue weighted by Gasteiger charge is 2.40. The van der Waals surface area contributed by atoms with Gasteiger partial charge in [-0.2, -0.15) is 0 Å². The van der Waals surface area contributed by atoms with E-state index in [-0.39, 0.29) is 5.92 Å². The van der Waals surface area contributed by atoms with Crippen molar-refractivity contribution in [1.29, 1.82) is 0 Å². The number of ether oxygens (including phenoxy) is 1. The van der Waals surface area contributed by atoms with Crippen molar-refractivity contribution in [2.45, 2.75) is 37.8 Å². The molecule has 4 rings (SSSR count). The quantitative estimate of drug-likeness (QED) is 0.471. The van der Waals surface area contributed by atoms with Gasteiger partial charge in [-0.05, 0) is 48.2 Å². The van der Waals surface area contributed by atoms with Gasteiger partial charge in [0.2, 0.25) is 0 Å². The Bertz CT molecular complexity index is 1000. The van der Waals surface area contributed by atoms with Gasteiger partial charge in [0.05, 0.1) is 17.7 Å². The maximum atomic E-state index is 11.6. The van der Waals surface area contributed by atoms with Gasteiger partial charge < -0.3 is 20.1 Å². The Morgan fingerprint density at radius 2 is 2.10 bits per heavy atom. The highest BCUT2D eigenvalue weighted by Crippen LogP contribution is 2.42. The third kappa shape index (κ3) is 4.13. The molecule has 1 heterocycles. The molecular formula is C23H26Cl2N2O2. The standard InChI is InChI=1S/C23H26Cl2N2O2/c1-29-19-7-4-6-16(9-19)23(28)8-3-2-5-17(23)14-26-12-15-13-27-21-11-18(24)10-20(25)22(15)21/h4,6-7,9-11,13,17,26-28H,2-3,5,8,12,14H2,1H3. The van der Waals surface area contributed by atoms with Crippen molar-refractivity contribution in [3.63, 3.8) is 0 Å². The fourth-order valence-corrected chi connectivity index (χ4v) is 5.16. The summed E-state index contributed by atoms with van der Waals surface area (Å²) < 4.78 is 5.36. The summed E-state index contributed by atoms with van der Waals surface area (Å²) in [5, 5.41) is 17.4. The summed E-state index contributed by atoms with van der Waals surface area (Å²) in [7, 11) is 1.66. The average molecular weight is 433 g/mol. The topological polar surface area (TPSA) is 57.3 Å². The largest absolute Gasteiger partial charge is 0.497 e. The van der Waals surface area contributed by atoms with Gasteiger partial charge in [0.15, 0.2) is 0 Å². The number of aromatic nitrogens is 1. The molecular weight excluding hydrogens is 407 g/mol. The Morgan fingerprint density at radius 1 is 1.24 bits per heavy atom. The molecule has 3 aromatic rings. The monoisotopic (exact) mass is 432 g/mol.